The molecule has 0 saturated heterocycles. The highest BCUT2D eigenvalue weighted by Crippen LogP contribution is 2.64. The highest BCUT2D eigenvalue weighted by atomic mass is 14.6. The maximum absolute atomic E-state index is 4.16. The van der Waals surface area contributed by atoms with Gasteiger partial charge in [0.2, 0.25) is 0 Å². The minimum absolute atomic E-state index is 0.609. The van der Waals surface area contributed by atoms with Crippen molar-refractivity contribution in [3.63, 3.8) is 0 Å². The van der Waals surface area contributed by atoms with Crippen molar-refractivity contribution in [2.75, 3.05) is 0 Å². The molecule has 0 heteroatoms. The van der Waals surface area contributed by atoms with Gasteiger partial charge in [0, 0.05) is 0 Å². The fraction of sp³-hybridized carbons (Fsp3) is 0.905. The summed E-state index contributed by atoms with van der Waals surface area (Å²) in [5, 5.41) is 0. The van der Waals surface area contributed by atoms with Crippen LogP contribution >= 0.6 is 0 Å². The first kappa shape index (κ1) is 14.3. The topological polar surface area (TPSA) is 0 Å². The van der Waals surface area contributed by atoms with Gasteiger partial charge in [-0.05, 0) is 98.2 Å². The Hall–Kier alpha value is -0.260. The number of hydrogen-bond acceptors (Lipinski definition) is 0. The Bertz CT molecular complexity index is 410. The molecule has 0 spiro atoms. The van der Waals surface area contributed by atoms with E-state index in [4.69, 9.17) is 0 Å². The first-order chi connectivity index (χ1) is 10.1. The third-order valence-corrected chi connectivity index (χ3v) is 8.57. The molecule has 0 aromatic carbocycles. The summed E-state index contributed by atoms with van der Waals surface area (Å²) in [6.07, 6.45) is 16.0. The Balaban J connectivity index is 1.56. The molecule has 0 radical (unpaired) electrons. The molecule has 118 valence electrons. The number of allylic oxidation sites excluding steroid dienone is 1. The molecule has 8 atom stereocenters. The van der Waals surface area contributed by atoms with Crippen LogP contribution in [0.25, 0.3) is 0 Å². The van der Waals surface area contributed by atoms with Crippen LogP contribution < -0.4 is 0 Å². The van der Waals surface area contributed by atoms with Gasteiger partial charge in [0.15, 0.2) is 0 Å². The Labute approximate surface area is 131 Å². The van der Waals surface area contributed by atoms with E-state index in [-0.39, 0.29) is 0 Å². The average Bonchev–Trinajstić information content (AvgIpc) is 2.83. The highest BCUT2D eigenvalue weighted by Gasteiger charge is 2.56. The van der Waals surface area contributed by atoms with Gasteiger partial charge in [-0.3, -0.25) is 0 Å². The van der Waals surface area contributed by atoms with Gasteiger partial charge >= 0.3 is 0 Å². The van der Waals surface area contributed by atoms with Gasteiger partial charge in [0.05, 0.1) is 0 Å². The van der Waals surface area contributed by atoms with Crippen molar-refractivity contribution >= 4 is 0 Å². The summed E-state index contributed by atoms with van der Waals surface area (Å²) in [7, 11) is 0. The van der Waals surface area contributed by atoms with Gasteiger partial charge in [0.25, 0.3) is 0 Å². The van der Waals surface area contributed by atoms with Gasteiger partial charge in [0.1, 0.15) is 0 Å². The molecule has 0 N–H and O–H groups in total. The highest BCUT2D eigenvalue weighted by molar-refractivity contribution is 5.09. The van der Waals surface area contributed by atoms with Crippen molar-refractivity contribution in [2.24, 2.45) is 46.8 Å². The summed E-state index contributed by atoms with van der Waals surface area (Å²) in [4.78, 5) is 0. The first-order valence-corrected chi connectivity index (χ1v) is 9.76. The quantitative estimate of drug-likeness (QED) is 0.513. The predicted molar refractivity (Wildman–Crippen MR) is 90.0 cm³/mol. The summed E-state index contributed by atoms with van der Waals surface area (Å²) in [5.41, 5.74) is 0.609. The van der Waals surface area contributed by atoms with Gasteiger partial charge in [-0.1, -0.05) is 26.3 Å². The second-order valence-electron chi connectivity index (χ2n) is 9.32. The number of rotatable bonds is 1. The molecule has 4 saturated carbocycles. The van der Waals surface area contributed by atoms with Gasteiger partial charge in [-0.2, -0.15) is 0 Å². The smallest absolute Gasteiger partial charge is 0.0179 e. The molecular weight excluding hydrogens is 252 g/mol. The third kappa shape index (κ3) is 2.07. The first-order valence-electron chi connectivity index (χ1n) is 9.76. The van der Waals surface area contributed by atoms with E-state index in [1.54, 1.807) is 25.7 Å². The van der Waals surface area contributed by atoms with E-state index in [9.17, 15) is 0 Å². The zero-order valence-corrected chi connectivity index (χ0v) is 14.2. The predicted octanol–water partition coefficient (Wildman–Crippen LogP) is 6.08. The van der Waals surface area contributed by atoms with E-state index >= 15 is 0 Å². The van der Waals surface area contributed by atoms with E-state index < -0.39 is 0 Å². The lowest BCUT2D eigenvalue weighted by molar-refractivity contribution is -0.0623. The van der Waals surface area contributed by atoms with E-state index in [2.05, 4.69) is 26.5 Å². The van der Waals surface area contributed by atoms with E-state index in [1.807, 2.05) is 0 Å². The molecule has 21 heavy (non-hydrogen) atoms. The third-order valence-electron chi connectivity index (χ3n) is 8.57. The molecule has 0 nitrogen and oxygen atoms in total. The summed E-state index contributed by atoms with van der Waals surface area (Å²) in [5.74, 6) is 7.21. The van der Waals surface area contributed by atoms with Crippen LogP contribution in [0.4, 0.5) is 0 Å². The second-order valence-corrected chi connectivity index (χ2v) is 9.32. The van der Waals surface area contributed by atoms with Gasteiger partial charge < -0.3 is 0 Å². The van der Waals surface area contributed by atoms with Crippen molar-refractivity contribution in [3.05, 3.63) is 12.7 Å². The van der Waals surface area contributed by atoms with Crippen LogP contribution in [0.3, 0.4) is 0 Å². The second kappa shape index (κ2) is 5.14. The molecule has 0 amide bonds. The zero-order valence-electron chi connectivity index (χ0n) is 14.2. The lowest BCUT2D eigenvalue weighted by Crippen LogP contribution is -2.48. The van der Waals surface area contributed by atoms with Crippen molar-refractivity contribution in [3.8, 4) is 0 Å². The van der Waals surface area contributed by atoms with E-state index in [1.165, 1.54) is 32.1 Å². The van der Waals surface area contributed by atoms with Crippen LogP contribution in [0, 0.1) is 46.8 Å². The van der Waals surface area contributed by atoms with Crippen LogP contribution in [-0.2, 0) is 0 Å². The largest absolute Gasteiger partial charge is 0.103 e. The number of fused-ring (bicyclic) bond motifs is 5. The Morgan fingerprint density at radius 1 is 0.905 bits per heavy atom. The molecule has 4 aliphatic rings. The Morgan fingerprint density at radius 3 is 2.52 bits per heavy atom. The van der Waals surface area contributed by atoms with Gasteiger partial charge in [-0.15, -0.1) is 6.58 Å². The fourth-order valence-electron chi connectivity index (χ4n) is 7.52. The number of hydrogen-bond donors (Lipinski definition) is 0. The fourth-order valence-corrected chi connectivity index (χ4v) is 7.52. The molecule has 0 aliphatic heterocycles. The average molecular weight is 287 g/mol. The standard InChI is InChI=1S/C21H34/c1-4-16-7-10-20-19-9-6-15-13-14(2)5-8-17(15)18(19)11-12-21(16,20)3/h4,14-20H,1,5-13H2,2-3H3/t14?,15-,16?,17?,18?,19?,20?,21+/m0/s1. The SMILES string of the molecule is C=CC1CCC2C3CC[C@H]4CC(C)CCC4C3CC[C@]12C. The maximum Gasteiger partial charge on any atom is -0.0179 e. The minimum Gasteiger partial charge on any atom is -0.103 e. The van der Waals surface area contributed by atoms with Crippen molar-refractivity contribution < 1.29 is 0 Å². The minimum atomic E-state index is 0.609. The molecule has 4 fully saturated rings. The van der Waals surface area contributed by atoms with Crippen LogP contribution in [0.5, 0.6) is 0 Å². The Kier molecular flexibility index (Phi) is 3.51. The van der Waals surface area contributed by atoms with Gasteiger partial charge in [-0.25, -0.2) is 0 Å². The summed E-state index contributed by atoms with van der Waals surface area (Å²) < 4.78 is 0. The van der Waals surface area contributed by atoms with Crippen molar-refractivity contribution in [1.82, 2.24) is 0 Å². The Morgan fingerprint density at radius 2 is 1.71 bits per heavy atom. The summed E-state index contributed by atoms with van der Waals surface area (Å²) in [6, 6.07) is 0. The summed E-state index contributed by atoms with van der Waals surface area (Å²) >= 11 is 0. The van der Waals surface area contributed by atoms with E-state index in [0.717, 1.165) is 41.4 Å². The molecule has 0 heterocycles. The molecule has 0 aromatic heterocycles. The molecular formula is C21H34. The van der Waals surface area contributed by atoms with Crippen LogP contribution in [0.2, 0.25) is 0 Å². The maximum atomic E-state index is 4.16. The zero-order chi connectivity index (χ0) is 14.6. The summed E-state index contributed by atoms with van der Waals surface area (Å²) in [6.45, 7) is 9.26. The lowest BCUT2D eigenvalue weighted by atomic mass is 9.49. The monoisotopic (exact) mass is 286 g/mol. The van der Waals surface area contributed by atoms with E-state index in [0.29, 0.717) is 5.41 Å². The molecule has 0 bridgehead atoms. The lowest BCUT2D eigenvalue weighted by Gasteiger charge is -2.56. The molecule has 4 aliphatic carbocycles. The van der Waals surface area contributed by atoms with Crippen molar-refractivity contribution in [1.29, 1.82) is 0 Å². The normalized spacial score (nSPS) is 56.2. The van der Waals surface area contributed by atoms with Crippen LogP contribution in [0.1, 0.15) is 71.6 Å². The molecule has 6 unspecified atom stereocenters. The van der Waals surface area contributed by atoms with Crippen LogP contribution in [-0.4, -0.2) is 0 Å². The van der Waals surface area contributed by atoms with Crippen molar-refractivity contribution in [2.45, 2.75) is 71.6 Å². The molecule has 0 aromatic rings. The molecule has 4 rings (SSSR count). The van der Waals surface area contributed by atoms with Crippen LogP contribution in [0.15, 0.2) is 12.7 Å².